The van der Waals surface area contributed by atoms with Crippen molar-refractivity contribution in [3.63, 3.8) is 0 Å². The summed E-state index contributed by atoms with van der Waals surface area (Å²) in [5, 5.41) is 12.2. The van der Waals surface area contributed by atoms with Crippen LogP contribution in [0, 0.1) is 24.3 Å². The van der Waals surface area contributed by atoms with Crippen LogP contribution in [-0.4, -0.2) is 5.91 Å². The molecule has 3 aromatic rings. The van der Waals surface area contributed by atoms with Crippen LogP contribution >= 0.6 is 61.1 Å². The van der Waals surface area contributed by atoms with Crippen LogP contribution in [0.1, 0.15) is 11.1 Å². The predicted octanol–water partition coefficient (Wildman–Crippen LogP) is 6.92. The van der Waals surface area contributed by atoms with Crippen molar-refractivity contribution in [2.45, 2.75) is 6.61 Å². The van der Waals surface area contributed by atoms with Gasteiger partial charge in [0.05, 0.1) is 7.14 Å². The normalized spacial score (nSPS) is 11.0. The number of ether oxygens (including phenoxy) is 1. The number of carbonyl (C=O) groups is 1. The fraction of sp³-hybridized carbons (Fsp3) is 0.0435. The zero-order chi connectivity index (χ0) is 22.4. The molecule has 0 unspecified atom stereocenters. The molecule has 156 valence electrons. The number of nitrogens with zero attached hydrogens (tertiary/aromatic N) is 1. The van der Waals surface area contributed by atoms with E-state index < -0.39 is 5.91 Å². The van der Waals surface area contributed by atoms with Gasteiger partial charge >= 0.3 is 0 Å². The fourth-order valence-electron chi connectivity index (χ4n) is 2.63. The molecule has 4 nitrogen and oxygen atoms in total. The minimum Gasteiger partial charge on any atom is -0.487 e. The number of benzene rings is 3. The molecule has 0 aliphatic carbocycles. The van der Waals surface area contributed by atoms with Crippen LogP contribution < -0.4 is 10.1 Å². The molecule has 1 N–H and O–H groups in total. The zero-order valence-electron chi connectivity index (χ0n) is 15.8. The number of hydrogen-bond acceptors (Lipinski definition) is 3. The fourth-order valence-corrected chi connectivity index (χ4v) is 5.02. The van der Waals surface area contributed by atoms with Crippen LogP contribution in [0.3, 0.4) is 0 Å². The van der Waals surface area contributed by atoms with E-state index in [4.69, 9.17) is 4.74 Å². The van der Waals surface area contributed by atoms with Crippen molar-refractivity contribution < 1.29 is 13.9 Å². The van der Waals surface area contributed by atoms with E-state index in [0.717, 1.165) is 17.2 Å². The largest absolute Gasteiger partial charge is 0.487 e. The van der Waals surface area contributed by atoms with Gasteiger partial charge in [-0.25, -0.2) is 4.39 Å². The van der Waals surface area contributed by atoms with E-state index in [-0.39, 0.29) is 18.0 Å². The monoisotopic (exact) mass is 702 g/mol. The van der Waals surface area contributed by atoms with Crippen molar-refractivity contribution in [3.8, 4) is 11.8 Å². The molecule has 31 heavy (non-hydrogen) atoms. The maximum atomic E-state index is 13.4. The molecular formula is C23H14BrFI2N2O2. The van der Waals surface area contributed by atoms with E-state index >= 15 is 0 Å². The lowest BCUT2D eigenvalue weighted by Gasteiger charge is -2.12. The molecular weight excluding hydrogens is 689 g/mol. The number of carbonyl (C=O) groups excluding carboxylic acids is 1. The molecule has 0 saturated heterocycles. The van der Waals surface area contributed by atoms with Crippen molar-refractivity contribution in [3.05, 3.63) is 94.8 Å². The summed E-state index contributed by atoms with van der Waals surface area (Å²) < 4.78 is 21.8. The van der Waals surface area contributed by atoms with Crippen molar-refractivity contribution in [1.82, 2.24) is 0 Å². The summed E-state index contributed by atoms with van der Waals surface area (Å²) in [6, 6.07) is 19.0. The van der Waals surface area contributed by atoms with Crippen LogP contribution in [0.5, 0.6) is 5.75 Å². The highest BCUT2D eigenvalue weighted by atomic mass is 127. The molecule has 0 heterocycles. The first kappa shape index (κ1) is 23.7. The first-order chi connectivity index (χ1) is 14.9. The summed E-state index contributed by atoms with van der Waals surface area (Å²) in [7, 11) is 0. The van der Waals surface area contributed by atoms with Crippen LogP contribution in [-0.2, 0) is 11.4 Å². The third-order valence-corrected chi connectivity index (χ3v) is 6.20. The molecule has 0 saturated carbocycles. The molecule has 0 aliphatic heterocycles. The molecule has 0 atom stereocenters. The second-order valence-corrected chi connectivity index (χ2v) is 9.60. The maximum absolute atomic E-state index is 13.4. The Balaban J connectivity index is 1.76. The average Bonchev–Trinajstić information content (AvgIpc) is 2.73. The van der Waals surface area contributed by atoms with E-state index in [1.54, 1.807) is 36.4 Å². The summed E-state index contributed by atoms with van der Waals surface area (Å²) in [6.45, 7) is 0.234. The second kappa shape index (κ2) is 11.1. The van der Waals surface area contributed by atoms with Crippen LogP contribution in [0.4, 0.5) is 10.1 Å². The van der Waals surface area contributed by atoms with Crippen molar-refractivity contribution in [2.75, 3.05) is 5.32 Å². The lowest BCUT2D eigenvalue weighted by Crippen LogP contribution is -2.13. The van der Waals surface area contributed by atoms with E-state index in [1.807, 2.05) is 18.2 Å². The lowest BCUT2D eigenvalue weighted by atomic mass is 10.1. The Morgan fingerprint density at radius 1 is 1.13 bits per heavy atom. The van der Waals surface area contributed by atoms with Gasteiger partial charge in [-0.2, -0.15) is 5.26 Å². The number of nitrogens with one attached hydrogen (secondary N) is 1. The first-order valence-electron chi connectivity index (χ1n) is 8.90. The molecule has 0 radical (unpaired) electrons. The Bertz CT molecular complexity index is 1170. The highest BCUT2D eigenvalue weighted by Gasteiger charge is 2.13. The number of halogens is 4. The topological polar surface area (TPSA) is 62.1 Å². The molecule has 3 rings (SSSR count). The highest BCUT2D eigenvalue weighted by Crippen LogP contribution is 2.30. The Morgan fingerprint density at radius 3 is 2.42 bits per heavy atom. The molecule has 3 aromatic carbocycles. The van der Waals surface area contributed by atoms with Crippen LogP contribution in [0.25, 0.3) is 6.08 Å². The smallest absolute Gasteiger partial charge is 0.266 e. The molecule has 0 bridgehead atoms. The van der Waals surface area contributed by atoms with Crippen molar-refractivity contribution >= 4 is 78.8 Å². The van der Waals surface area contributed by atoms with Gasteiger partial charge in [-0.1, -0.05) is 28.1 Å². The van der Waals surface area contributed by atoms with E-state index in [0.29, 0.717) is 17.0 Å². The first-order valence-corrected chi connectivity index (χ1v) is 11.9. The Labute approximate surface area is 214 Å². The second-order valence-electron chi connectivity index (χ2n) is 6.36. The van der Waals surface area contributed by atoms with Gasteiger partial charge in [0.25, 0.3) is 5.91 Å². The van der Waals surface area contributed by atoms with Gasteiger partial charge in [0.15, 0.2) is 0 Å². The maximum Gasteiger partial charge on any atom is 0.266 e. The minimum absolute atomic E-state index is 0.0112. The highest BCUT2D eigenvalue weighted by molar-refractivity contribution is 14.1. The van der Waals surface area contributed by atoms with Gasteiger partial charge in [-0.15, -0.1) is 0 Å². The minimum atomic E-state index is -0.485. The number of rotatable bonds is 6. The number of hydrogen-bond donors (Lipinski definition) is 1. The lowest BCUT2D eigenvalue weighted by molar-refractivity contribution is -0.112. The average molecular weight is 703 g/mol. The molecule has 1 amide bonds. The molecule has 0 aromatic heterocycles. The van der Waals surface area contributed by atoms with E-state index in [2.05, 4.69) is 66.4 Å². The summed E-state index contributed by atoms with van der Waals surface area (Å²) in [5.74, 6) is -0.127. The third-order valence-electron chi connectivity index (χ3n) is 4.07. The quantitative estimate of drug-likeness (QED) is 0.172. The van der Waals surface area contributed by atoms with E-state index in [9.17, 15) is 14.4 Å². The molecule has 0 spiro atoms. The number of amides is 1. The van der Waals surface area contributed by atoms with Gasteiger partial charge < -0.3 is 10.1 Å². The number of nitriles is 1. The Morgan fingerprint density at radius 2 is 1.81 bits per heavy atom. The van der Waals surface area contributed by atoms with Crippen molar-refractivity contribution in [2.24, 2.45) is 0 Å². The van der Waals surface area contributed by atoms with Gasteiger partial charge in [-0.3, -0.25) is 4.79 Å². The molecule has 8 heteroatoms. The Kier molecular flexibility index (Phi) is 8.45. The SMILES string of the molecule is N#C/C(=C/c1cc(I)c(OCc2cccc(F)c2)c(I)c1)C(=O)Nc1ccc(Br)cc1. The van der Waals surface area contributed by atoms with Gasteiger partial charge in [0, 0.05) is 10.2 Å². The summed E-state index contributed by atoms with van der Waals surface area (Å²) in [4.78, 5) is 12.5. The third kappa shape index (κ3) is 6.75. The standard InChI is InChI=1S/C23H14BrFI2N2O2/c24-17-4-6-19(7-5-17)29-23(30)16(12-28)8-15-10-20(26)22(21(27)11-15)31-13-14-2-1-3-18(25)9-14/h1-11H,13H2,(H,29,30)/b16-8-. The summed E-state index contributed by atoms with van der Waals surface area (Å²) in [5.41, 5.74) is 2.02. The molecule has 0 aliphatic rings. The van der Waals surface area contributed by atoms with Crippen LogP contribution in [0.2, 0.25) is 0 Å². The number of anilines is 1. The Hall–Kier alpha value is -1.97. The van der Waals surface area contributed by atoms with Gasteiger partial charge in [-0.05, 0) is 111 Å². The molecule has 0 fully saturated rings. The summed E-state index contributed by atoms with van der Waals surface area (Å²) >= 11 is 7.62. The van der Waals surface area contributed by atoms with Gasteiger partial charge in [0.1, 0.15) is 29.8 Å². The van der Waals surface area contributed by atoms with E-state index in [1.165, 1.54) is 18.2 Å². The van der Waals surface area contributed by atoms with Gasteiger partial charge in [0.2, 0.25) is 0 Å². The summed E-state index contributed by atoms with van der Waals surface area (Å²) in [6.07, 6.45) is 1.54. The predicted molar refractivity (Wildman–Crippen MR) is 139 cm³/mol. The van der Waals surface area contributed by atoms with Crippen LogP contribution in [0.15, 0.2) is 70.7 Å². The van der Waals surface area contributed by atoms with Crippen molar-refractivity contribution in [1.29, 1.82) is 5.26 Å². The zero-order valence-corrected chi connectivity index (χ0v) is 21.7.